The topological polar surface area (TPSA) is 0 Å². The third-order valence-corrected chi connectivity index (χ3v) is 6.21. The molecule has 3 aromatic carbocycles. The Morgan fingerprint density at radius 3 is 1.54 bits per heavy atom. The summed E-state index contributed by atoms with van der Waals surface area (Å²) in [6, 6.07) is 32.4. The molecular weight excluding hydrogens is 307 g/mol. The zero-order chi connectivity index (χ0) is 16.4. The second-order valence-corrected chi connectivity index (χ2v) is 7.90. The molecule has 0 aliphatic carbocycles. The molecule has 0 nitrogen and oxygen atoms in total. The van der Waals surface area contributed by atoms with Gasteiger partial charge in [-0.05, 0) is 34.7 Å². The Bertz CT molecular complexity index is 936. The summed E-state index contributed by atoms with van der Waals surface area (Å²) in [5.74, 6) is 2.47. The predicted octanol–water partition coefficient (Wildman–Crippen LogP) is 7.21. The molecule has 1 heterocycles. The molecule has 0 N–H and O–H groups in total. The van der Waals surface area contributed by atoms with Gasteiger partial charge in [-0.1, -0.05) is 91.0 Å². The Kier molecular flexibility index (Phi) is 4.07. The van der Waals surface area contributed by atoms with Crippen molar-refractivity contribution in [3.8, 4) is 33.1 Å². The zero-order valence-electron chi connectivity index (χ0n) is 13.7. The zero-order valence-corrected chi connectivity index (χ0v) is 14.6. The van der Waals surface area contributed by atoms with Crippen LogP contribution in [0.5, 0.6) is 0 Å². The molecule has 0 radical (unpaired) electrons. The summed E-state index contributed by atoms with van der Waals surface area (Å²) in [6.07, 6.45) is 0. The Labute approximate surface area is 144 Å². The summed E-state index contributed by atoms with van der Waals surface area (Å²) in [6.45, 7) is 2.36. The SMILES string of the molecule is Cp1cc(-c2ccccc2)c(-c2ccccc2)c1-c1ccccc1. The minimum absolute atomic E-state index is 0.313. The molecule has 0 aliphatic heterocycles. The van der Waals surface area contributed by atoms with E-state index < -0.39 is 0 Å². The maximum Gasteiger partial charge on any atom is 0.00937 e. The van der Waals surface area contributed by atoms with Gasteiger partial charge in [-0.15, -0.1) is 7.53 Å². The Morgan fingerprint density at radius 2 is 1.00 bits per heavy atom. The van der Waals surface area contributed by atoms with Gasteiger partial charge >= 0.3 is 0 Å². The van der Waals surface area contributed by atoms with Crippen LogP contribution >= 0.6 is 7.53 Å². The van der Waals surface area contributed by atoms with E-state index >= 15 is 0 Å². The van der Waals surface area contributed by atoms with Crippen molar-refractivity contribution in [1.82, 2.24) is 0 Å². The monoisotopic (exact) mass is 326 g/mol. The van der Waals surface area contributed by atoms with Gasteiger partial charge in [0, 0.05) is 10.9 Å². The minimum Gasteiger partial charge on any atom is -0.119 e. The largest absolute Gasteiger partial charge is 0.119 e. The Morgan fingerprint density at radius 1 is 0.542 bits per heavy atom. The smallest absolute Gasteiger partial charge is 0.00937 e. The lowest BCUT2D eigenvalue weighted by Gasteiger charge is -2.10. The van der Waals surface area contributed by atoms with Crippen LogP contribution in [0.4, 0.5) is 0 Å². The molecule has 1 aromatic heterocycles. The van der Waals surface area contributed by atoms with Gasteiger partial charge in [-0.25, -0.2) is 0 Å². The molecule has 0 fully saturated rings. The molecule has 0 aliphatic rings. The van der Waals surface area contributed by atoms with Gasteiger partial charge in [0.25, 0.3) is 0 Å². The number of hydrogen-bond donors (Lipinski definition) is 0. The van der Waals surface area contributed by atoms with Crippen molar-refractivity contribution < 1.29 is 0 Å². The molecule has 4 aromatic rings. The number of benzene rings is 3. The second-order valence-electron chi connectivity index (χ2n) is 5.98. The summed E-state index contributed by atoms with van der Waals surface area (Å²) in [7, 11) is -0.313. The number of rotatable bonds is 3. The van der Waals surface area contributed by atoms with Gasteiger partial charge in [0.1, 0.15) is 0 Å². The second kappa shape index (κ2) is 6.51. The van der Waals surface area contributed by atoms with Gasteiger partial charge in [-0.2, -0.15) is 0 Å². The van der Waals surface area contributed by atoms with E-state index in [1.54, 1.807) is 0 Å². The summed E-state index contributed by atoms with van der Waals surface area (Å²) in [4.78, 5) is 0. The van der Waals surface area contributed by atoms with Crippen molar-refractivity contribution in [2.75, 3.05) is 0 Å². The molecule has 24 heavy (non-hydrogen) atoms. The van der Waals surface area contributed by atoms with Gasteiger partial charge in [0.2, 0.25) is 0 Å². The van der Waals surface area contributed by atoms with Gasteiger partial charge < -0.3 is 0 Å². The molecule has 1 atom stereocenters. The molecule has 0 spiro atoms. The van der Waals surface area contributed by atoms with E-state index in [0.717, 1.165) is 0 Å². The van der Waals surface area contributed by atoms with Crippen LogP contribution in [0.25, 0.3) is 33.1 Å². The van der Waals surface area contributed by atoms with E-state index in [9.17, 15) is 0 Å². The first-order chi connectivity index (χ1) is 11.8. The lowest BCUT2D eigenvalue weighted by Crippen LogP contribution is -1.83. The third kappa shape index (κ3) is 2.70. The molecule has 0 saturated heterocycles. The van der Waals surface area contributed by atoms with Crippen LogP contribution < -0.4 is 0 Å². The van der Waals surface area contributed by atoms with Crippen LogP contribution in [0.1, 0.15) is 0 Å². The Hall–Kier alpha value is -2.56. The highest BCUT2D eigenvalue weighted by Gasteiger charge is 2.18. The van der Waals surface area contributed by atoms with E-state index in [1.165, 1.54) is 33.1 Å². The van der Waals surface area contributed by atoms with Crippen molar-refractivity contribution in [2.24, 2.45) is 6.66 Å². The summed E-state index contributed by atoms with van der Waals surface area (Å²) >= 11 is 0. The minimum atomic E-state index is -0.313. The molecule has 1 heteroatoms. The number of aryl methyl sites for hydroxylation is 1. The van der Waals surface area contributed by atoms with Crippen molar-refractivity contribution in [3.05, 3.63) is 96.8 Å². The first kappa shape index (κ1) is 15.0. The van der Waals surface area contributed by atoms with E-state index in [0.29, 0.717) is 0 Å². The van der Waals surface area contributed by atoms with Crippen molar-refractivity contribution in [2.45, 2.75) is 0 Å². The van der Waals surface area contributed by atoms with Crippen molar-refractivity contribution >= 4 is 7.53 Å². The molecule has 0 bridgehead atoms. The van der Waals surface area contributed by atoms with Crippen molar-refractivity contribution in [1.29, 1.82) is 0 Å². The summed E-state index contributed by atoms with van der Waals surface area (Å²) in [5.41, 5.74) is 6.71. The average molecular weight is 326 g/mol. The van der Waals surface area contributed by atoms with Crippen LogP contribution in [0.3, 0.4) is 0 Å². The fourth-order valence-corrected chi connectivity index (χ4v) is 5.26. The fourth-order valence-electron chi connectivity index (χ4n) is 3.30. The lowest BCUT2D eigenvalue weighted by atomic mass is 9.95. The molecule has 1 unspecified atom stereocenters. The van der Waals surface area contributed by atoms with Crippen LogP contribution in [-0.2, 0) is 6.66 Å². The van der Waals surface area contributed by atoms with E-state index in [4.69, 9.17) is 0 Å². The third-order valence-electron chi connectivity index (χ3n) is 4.38. The normalized spacial score (nSPS) is 11.5. The first-order valence-corrected chi connectivity index (χ1v) is 10.1. The maximum absolute atomic E-state index is 2.47. The van der Waals surface area contributed by atoms with Gasteiger partial charge in [-0.3, -0.25) is 0 Å². The quantitative estimate of drug-likeness (QED) is 0.373. The van der Waals surface area contributed by atoms with E-state index in [2.05, 4.69) is 103 Å². The van der Waals surface area contributed by atoms with Gasteiger partial charge in [0.05, 0.1) is 0 Å². The standard InChI is InChI=1S/C23H19P/c1-24-17-21(18-11-5-2-6-12-18)22(19-13-7-3-8-14-19)23(24)20-15-9-4-10-16-20/h2-17H,1H3. The van der Waals surface area contributed by atoms with Crippen LogP contribution in [0.15, 0.2) is 96.8 Å². The van der Waals surface area contributed by atoms with Crippen molar-refractivity contribution in [3.63, 3.8) is 0 Å². The van der Waals surface area contributed by atoms with E-state index in [1.807, 2.05) is 0 Å². The van der Waals surface area contributed by atoms with Crippen LogP contribution in [0, 0.1) is 0 Å². The highest BCUT2D eigenvalue weighted by molar-refractivity contribution is 7.51. The Balaban J connectivity index is 2.03. The highest BCUT2D eigenvalue weighted by Crippen LogP contribution is 2.52. The maximum atomic E-state index is 2.47. The van der Waals surface area contributed by atoms with E-state index in [-0.39, 0.29) is 7.53 Å². The fraction of sp³-hybridized carbons (Fsp3) is 0.0435. The molecular formula is C23H19P. The van der Waals surface area contributed by atoms with Crippen LogP contribution in [0.2, 0.25) is 0 Å². The molecule has 0 saturated carbocycles. The number of hydrogen-bond acceptors (Lipinski definition) is 0. The van der Waals surface area contributed by atoms with Crippen LogP contribution in [-0.4, -0.2) is 0 Å². The lowest BCUT2D eigenvalue weighted by molar-refractivity contribution is 1.62. The summed E-state index contributed by atoms with van der Waals surface area (Å²) in [5, 5.41) is 1.48. The highest BCUT2D eigenvalue weighted by atomic mass is 31.1. The molecule has 0 amide bonds. The first-order valence-electron chi connectivity index (χ1n) is 8.20. The van der Waals surface area contributed by atoms with Gasteiger partial charge in [0.15, 0.2) is 0 Å². The molecule has 116 valence electrons. The summed E-state index contributed by atoms with van der Waals surface area (Å²) < 4.78 is 0. The average Bonchev–Trinajstić information content (AvgIpc) is 3.01. The molecule has 4 rings (SSSR count). The predicted molar refractivity (Wildman–Crippen MR) is 106 cm³/mol.